The first kappa shape index (κ1) is 15.8. The van der Waals surface area contributed by atoms with Crippen molar-refractivity contribution in [3.05, 3.63) is 35.4 Å². The van der Waals surface area contributed by atoms with Crippen molar-refractivity contribution in [2.75, 3.05) is 25.1 Å². The van der Waals surface area contributed by atoms with Gasteiger partial charge in [-0.1, -0.05) is 18.2 Å². The number of pyridine rings is 1. The Hall–Kier alpha value is -2.63. The summed E-state index contributed by atoms with van der Waals surface area (Å²) >= 11 is 0. The second-order valence-electron chi connectivity index (χ2n) is 4.92. The highest BCUT2D eigenvalue weighted by molar-refractivity contribution is 6.02. The smallest absolute Gasteiger partial charge is 0.342 e. The summed E-state index contributed by atoms with van der Waals surface area (Å²) in [4.78, 5) is 29.1. The van der Waals surface area contributed by atoms with E-state index in [1.807, 2.05) is 31.2 Å². The van der Waals surface area contributed by atoms with Crippen LogP contribution in [0.4, 0.5) is 5.82 Å². The number of carbonyl (C=O) groups is 2. The number of aliphatic carboxylic acids is 1. The van der Waals surface area contributed by atoms with Crippen LogP contribution in [0, 0.1) is 6.92 Å². The van der Waals surface area contributed by atoms with Crippen LogP contribution in [0.15, 0.2) is 24.3 Å². The van der Waals surface area contributed by atoms with Gasteiger partial charge in [-0.2, -0.15) is 0 Å². The molecule has 0 bridgehead atoms. The predicted molar refractivity (Wildman–Crippen MR) is 83.3 cm³/mol. The first-order valence-corrected chi connectivity index (χ1v) is 6.95. The maximum atomic E-state index is 12.3. The minimum Gasteiger partial charge on any atom is -0.480 e. The minimum atomic E-state index is -0.995. The van der Waals surface area contributed by atoms with Gasteiger partial charge in [0.25, 0.3) is 0 Å². The predicted octanol–water partition coefficient (Wildman–Crippen LogP) is 2.24. The van der Waals surface area contributed by atoms with Crippen LogP contribution in [-0.4, -0.2) is 42.2 Å². The van der Waals surface area contributed by atoms with Gasteiger partial charge in [0, 0.05) is 12.4 Å². The van der Waals surface area contributed by atoms with E-state index in [2.05, 4.69) is 4.98 Å². The van der Waals surface area contributed by atoms with Crippen LogP contribution in [0.3, 0.4) is 0 Å². The van der Waals surface area contributed by atoms with Gasteiger partial charge in [-0.15, -0.1) is 0 Å². The van der Waals surface area contributed by atoms with Crippen LogP contribution in [0.25, 0.3) is 10.9 Å². The number of nitrogens with zero attached hydrogens (tertiary/aromatic N) is 2. The summed E-state index contributed by atoms with van der Waals surface area (Å²) in [5.74, 6) is -1.17. The van der Waals surface area contributed by atoms with Crippen molar-refractivity contribution in [1.82, 2.24) is 4.98 Å². The summed E-state index contributed by atoms with van der Waals surface area (Å²) in [6.07, 6.45) is 0. The quantitative estimate of drug-likeness (QED) is 0.853. The van der Waals surface area contributed by atoms with E-state index in [0.717, 1.165) is 10.9 Å². The lowest BCUT2D eigenvalue weighted by molar-refractivity contribution is -0.135. The highest BCUT2D eigenvalue weighted by Gasteiger charge is 2.23. The van der Waals surface area contributed by atoms with Crippen LogP contribution in [0.5, 0.6) is 0 Å². The number of carbonyl (C=O) groups excluding carboxylic acids is 1. The molecule has 0 amide bonds. The Morgan fingerprint density at radius 1 is 1.32 bits per heavy atom. The Balaban J connectivity index is 2.67. The molecule has 0 fully saturated rings. The van der Waals surface area contributed by atoms with Crippen molar-refractivity contribution >= 4 is 28.7 Å². The molecule has 2 rings (SSSR count). The molecule has 1 aromatic heterocycles. The summed E-state index contributed by atoms with van der Waals surface area (Å²) in [5.41, 5.74) is 1.75. The van der Waals surface area contributed by atoms with E-state index in [1.54, 1.807) is 14.0 Å². The van der Waals surface area contributed by atoms with Gasteiger partial charge in [-0.05, 0) is 25.5 Å². The molecular formula is C16H18N2O4. The zero-order valence-corrected chi connectivity index (χ0v) is 12.8. The molecule has 0 unspecified atom stereocenters. The molecule has 0 aliphatic heterocycles. The maximum absolute atomic E-state index is 12.3. The van der Waals surface area contributed by atoms with Crippen molar-refractivity contribution < 1.29 is 19.4 Å². The van der Waals surface area contributed by atoms with Crippen molar-refractivity contribution in [3.63, 3.8) is 0 Å². The Morgan fingerprint density at radius 2 is 2.00 bits per heavy atom. The van der Waals surface area contributed by atoms with E-state index in [9.17, 15) is 9.59 Å². The molecule has 1 N–H and O–H groups in total. The second kappa shape index (κ2) is 6.43. The number of rotatable bonds is 5. The third kappa shape index (κ3) is 3.00. The summed E-state index contributed by atoms with van der Waals surface area (Å²) < 4.78 is 5.10. The summed E-state index contributed by atoms with van der Waals surface area (Å²) in [7, 11) is 1.59. The fourth-order valence-corrected chi connectivity index (χ4v) is 2.36. The fourth-order valence-electron chi connectivity index (χ4n) is 2.36. The zero-order chi connectivity index (χ0) is 16.3. The van der Waals surface area contributed by atoms with Crippen LogP contribution in [0.1, 0.15) is 22.8 Å². The molecule has 22 heavy (non-hydrogen) atoms. The average Bonchev–Trinajstić information content (AvgIpc) is 2.46. The van der Waals surface area contributed by atoms with Crippen molar-refractivity contribution in [1.29, 1.82) is 0 Å². The van der Waals surface area contributed by atoms with Crippen LogP contribution >= 0.6 is 0 Å². The molecule has 2 aromatic rings. The lowest BCUT2D eigenvalue weighted by Crippen LogP contribution is -2.28. The number of benzene rings is 1. The monoisotopic (exact) mass is 302 g/mol. The molecule has 6 nitrogen and oxygen atoms in total. The highest BCUT2D eigenvalue weighted by atomic mass is 16.5. The topological polar surface area (TPSA) is 79.7 Å². The molecule has 6 heteroatoms. The third-order valence-corrected chi connectivity index (χ3v) is 3.35. The van der Waals surface area contributed by atoms with E-state index < -0.39 is 11.9 Å². The Labute approximate surface area is 128 Å². The Kier molecular flexibility index (Phi) is 4.60. The SMILES string of the molecule is CCOC(=O)c1c(N(C)CC(=O)O)nc2ccccc2c1C. The number of likely N-dealkylation sites (N-methyl/N-ethyl adjacent to an activating group) is 1. The Morgan fingerprint density at radius 3 is 2.64 bits per heavy atom. The molecule has 0 aliphatic rings. The molecule has 0 saturated carbocycles. The van der Waals surface area contributed by atoms with Gasteiger partial charge < -0.3 is 14.7 Å². The minimum absolute atomic E-state index is 0.243. The third-order valence-electron chi connectivity index (χ3n) is 3.35. The van der Waals surface area contributed by atoms with Gasteiger partial charge in [-0.3, -0.25) is 4.79 Å². The van der Waals surface area contributed by atoms with Gasteiger partial charge >= 0.3 is 11.9 Å². The van der Waals surface area contributed by atoms with Gasteiger partial charge in [-0.25, -0.2) is 9.78 Å². The first-order chi connectivity index (χ1) is 10.5. The largest absolute Gasteiger partial charge is 0.480 e. The van der Waals surface area contributed by atoms with Gasteiger partial charge in [0.1, 0.15) is 17.9 Å². The van der Waals surface area contributed by atoms with E-state index >= 15 is 0 Å². The lowest BCUT2D eigenvalue weighted by atomic mass is 10.0. The number of anilines is 1. The summed E-state index contributed by atoms with van der Waals surface area (Å²) in [6, 6.07) is 7.42. The molecule has 0 spiro atoms. The molecule has 116 valence electrons. The van der Waals surface area contributed by atoms with Gasteiger partial charge in [0.2, 0.25) is 0 Å². The van der Waals surface area contributed by atoms with Crippen LogP contribution in [0.2, 0.25) is 0 Å². The summed E-state index contributed by atoms with van der Waals surface area (Å²) in [5, 5.41) is 9.82. The number of carboxylic acid groups (broad SMARTS) is 1. The molecule has 0 atom stereocenters. The number of para-hydroxylation sites is 1. The normalized spacial score (nSPS) is 10.5. The number of hydrogen-bond acceptors (Lipinski definition) is 5. The molecule has 0 radical (unpaired) electrons. The van der Waals surface area contributed by atoms with E-state index in [1.165, 1.54) is 4.90 Å². The van der Waals surface area contributed by atoms with E-state index in [0.29, 0.717) is 16.9 Å². The molecule has 1 heterocycles. The number of carboxylic acids is 1. The second-order valence-corrected chi connectivity index (χ2v) is 4.92. The lowest BCUT2D eigenvalue weighted by Gasteiger charge is -2.21. The summed E-state index contributed by atoms with van der Waals surface area (Å²) in [6.45, 7) is 3.53. The first-order valence-electron chi connectivity index (χ1n) is 6.95. The number of ether oxygens (including phenoxy) is 1. The van der Waals surface area contributed by atoms with Gasteiger partial charge in [0.15, 0.2) is 0 Å². The molecule has 0 saturated heterocycles. The van der Waals surface area contributed by atoms with Crippen LogP contribution < -0.4 is 4.90 Å². The number of aryl methyl sites for hydroxylation is 1. The molecular weight excluding hydrogens is 284 g/mol. The van der Waals surface area contributed by atoms with E-state index in [-0.39, 0.29) is 13.2 Å². The average molecular weight is 302 g/mol. The number of esters is 1. The number of aromatic nitrogens is 1. The zero-order valence-electron chi connectivity index (χ0n) is 12.8. The number of fused-ring (bicyclic) bond motifs is 1. The molecule has 0 aliphatic carbocycles. The van der Waals surface area contributed by atoms with Crippen LogP contribution in [-0.2, 0) is 9.53 Å². The van der Waals surface area contributed by atoms with Crippen molar-refractivity contribution in [2.45, 2.75) is 13.8 Å². The number of hydrogen-bond donors (Lipinski definition) is 1. The standard InChI is InChI=1S/C16H18N2O4/c1-4-22-16(21)14-10(2)11-7-5-6-8-12(11)17-15(14)18(3)9-13(19)20/h5-8H,4,9H2,1-3H3,(H,19,20). The van der Waals surface area contributed by atoms with E-state index in [4.69, 9.17) is 9.84 Å². The van der Waals surface area contributed by atoms with Crippen molar-refractivity contribution in [2.24, 2.45) is 0 Å². The maximum Gasteiger partial charge on any atom is 0.342 e. The fraction of sp³-hybridized carbons (Fsp3) is 0.312. The highest BCUT2D eigenvalue weighted by Crippen LogP contribution is 2.28. The van der Waals surface area contributed by atoms with Crippen molar-refractivity contribution in [3.8, 4) is 0 Å². The van der Waals surface area contributed by atoms with Gasteiger partial charge in [0.05, 0.1) is 12.1 Å². The Bertz CT molecular complexity index is 727. The molecule has 1 aromatic carbocycles.